The molecule has 104 valence electrons. The lowest BCUT2D eigenvalue weighted by Gasteiger charge is -2.35. The number of nitrogens with two attached hydrogens (primary N) is 1. The predicted octanol–water partition coefficient (Wildman–Crippen LogP) is 1.80. The zero-order valence-corrected chi connectivity index (χ0v) is 12.6. The minimum absolute atomic E-state index is 0.106. The number of amides is 2. The second kappa shape index (κ2) is 6.43. The van der Waals surface area contributed by atoms with E-state index >= 15 is 0 Å². The summed E-state index contributed by atoms with van der Waals surface area (Å²) in [6, 6.07) is 2.32. The van der Waals surface area contributed by atoms with E-state index in [1.165, 1.54) is 22.2 Å². The van der Waals surface area contributed by atoms with Gasteiger partial charge in [0.25, 0.3) is 0 Å². The molecule has 1 atom stereocenters. The van der Waals surface area contributed by atoms with Crippen LogP contribution in [0.4, 0.5) is 0 Å². The van der Waals surface area contributed by atoms with Crippen LogP contribution in [0.1, 0.15) is 29.8 Å². The lowest BCUT2D eigenvalue weighted by molar-refractivity contribution is -0.131. The molecule has 0 aliphatic carbocycles. The van der Waals surface area contributed by atoms with Crippen LogP contribution in [0, 0.1) is 0 Å². The highest BCUT2D eigenvalue weighted by Crippen LogP contribution is 2.35. The van der Waals surface area contributed by atoms with Gasteiger partial charge in [-0.15, -0.1) is 23.1 Å². The number of thiophene rings is 1. The van der Waals surface area contributed by atoms with Crippen molar-refractivity contribution in [3.63, 3.8) is 0 Å². The monoisotopic (exact) mass is 298 g/mol. The number of nitrogens with zero attached hydrogens (tertiary/aromatic N) is 1. The number of hydrogen-bond acceptors (Lipinski definition) is 4. The molecule has 1 unspecified atom stereocenters. The lowest BCUT2D eigenvalue weighted by atomic mass is 9.98. The maximum Gasteiger partial charge on any atom is 0.233 e. The molecular weight excluding hydrogens is 280 g/mol. The van der Waals surface area contributed by atoms with Gasteiger partial charge in [0.1, 0.15) is 0 Å². The van der Waals surface area contributed by atoms with E-state index in [1.54, 1.807) is 11.3 Å². The van der Waals surface area contributed by atoms with Crippen molar-refractivity contribution in [2.45, 2.75) is 25.8 Å². The second-order valence-corrected chi connectivity index (χ2v) is 6.51. The van der Waals surface area contributed by atoms with Gasteiger partial charge in [0.05, 0.1) is 17.5 Å². The summed E-state index contributed by atoms with van der Waals surface area (Å²) < 4.78 is 0. The Balaban J connectivity index is 2.00. The van der Waals surface area contributed by atoms with Crippen molar-refractivity contribution in [2.75, 3.05) is 18.1 Å². The van der Waals surface area contributed by atoms with Crippen LogP contribution in [-0.2, 0) is 16.0 Å². The molecule has 1 aliphatic heterocycles. The van der Waals surface area contributed by atoms with Crippen LogP contribution >= 0.6 is 23.1 Å². The van der Waals surface area contributed by atoms with Gasteiger partial charge >= 0.3 is 0 Å². The van der Waals surface area contributed by atoms with Gasteiger partial charge in [-0.05, 0) is 29.9 Å². The smallest absolute Gasteiger partial charge is 0.233 e. The number of hydrogen-bond donors (Lipinski definition) is 1. The van der Waals surface area contributed by atoms with Crippen LogP contribution in [0.5, 0.6) is 0 Å². The molecule has 1 aromatic rings. The van der Waals surface area contributed by atoms with Gasteiger partial charge < -0.3 is 10.6 Å². The number of carbonyl (C=O) groups excluding carboxylic acids is 2. The molecule has 2 rings (SSSR count). The molecule has 0 aromatic carbocycles. The molecule has 2 amide bonds. The Morgan fingerprint density at radius 3 is 3.00 bits per heavy atom. The van der Waals surface area contributed by atoms with Crippen molar-refractivity contribution in [1.82, 2.24) is 4.90 Å². The Morgan fingerprint density at radius 1 is 1.53 bits per heavy atom. The number of rotatable bonds is 5. The molecule has 6 heteroatoms. The maximum atomic E-state index is 12.2. The Labute approximate surface area is 121 Å². The van der Waals surface area contributed by atoms with Crippen LogP contribution in [0.3, 0.4) is 0 Å². The first-order valence-electron chi connectivity index (χ1n) is 6.35. The number of thioether (sulfide) groups is 1. The summed E-state index contributed by atoms with van der Waals surface area (Å²) >= 11 is 3.07. The number of primary amides is 1. The molecule has 0 radical (unpaired) electrons. The fourth-order valence-corrected chi connectivity index (χ4v) is 4.03. The standard InChI is InChI=1S/C13H18N2O2S2/c1-2-10-9-4-6-19-11(9)3-5-15(10)13(17)8-18-7-12(14)16/h4,6,10H,2-3,5,7-8H2,1H3,(H2,14,16). The van der Waals surface area contributed by atoms with Gasteiger partial charge in [0.15, 0.2) is 0 Å². The quantitative estimate of drug-likeness (QED) is 0.901. The third-order valence-corrected chi connectivity index (χ3v) is 5.21. The van der Waals surface area contributed by atoms with E-state index < -0.39 is 0 Å². The van der Waals surface area contributed by atoms with Crippen LogP contribution in [0.15, 0.2) is 11.4 Å². The highest BCUT2D eigenvalue weighted by molar-refractivity contribution is 8.00. The Kier molecular flexibility index (Phi) is 4.87. The van der Waals surface area contributed by atoms with Gasteiger partial charge in [0.2, 0.25) is 11.8 Å². The molecule has 0 spiro atoms. The van der Waals surface area contributed by atoms with Gasteiger partial charge in [-0.3, -0.25) is 9.59 Å². The van der Waals surface area contributed by atoms with E-state index in [4.69, 9.17) is 5.73 Å². The van der Waals surface area contributed by atoms with Gasteiger partial charge in [-0.25, -0.2) is 0 Å². The SMILES string of the molecule is CCC1c2ccsc2CCN1C(=O)CSCC(N)=O. The first-order valence-corrected chi connectivity index (χ1v) is 8.38. The molecule has 19 heavy (non-hydrogen) atoms. The third-order valence-electron chi connectivity index (χ3n) is 3.27. The van der Waals surface area contributed by atoms with Crippen molar-refractivity contribution < 1.29 is 9.59 Å². The highest BCUT2D eigenvalue weighted by atomic mass is 32.2. The fraction of sp³-hybridized carbons (Fsp3) is 0.538. The molecule has 0 saturated heterocycles. The average molecular weight is 298 g/mol. The molecular formula is C13H18N2O2S2. The largest absolute Gasteiger partial charge is 0.369 e. The van der Waals surface area contributed by atoms with E-state index in [1.807, 2.05) is 4.90 Å². The van der Waals surface area contributed by atoms with Crippen LogP contribution < -0.4 is 5.73 Å². The molecule has 1 aromatic heterocycles. The van der Waals surface area contributed by atoms with Gasteiger partial charge in [0, 0.05) is 11.4 Å². The third kappa shape index (κ3) is 3.30. The van der Waals surface area contributed by atoms with Crippen molar-refractivity contribution in [3.8, 4) is 0 Å². The van der Waals surface area contributed by atoms with E-state index in [0.717, 1.165) is 19.4 Å². The Bertz CT molecular complexity index is 473. The number of fused-ring (bicyclic) bond motifs is 1. The summed E-state index contributed by atoms with van der Waals surface area (Å²) in [6.45, 7) is 2.89. The molecule has 0 fully saturated rings. The second-order valence-electron chi connectivity index (χ2n) is 4.52. The van der Waals surface area contributed by atoms with E-state index in [0.29, 0.717) is 5.75 Å². The van der Waals surface area contributed by atoms with Crippen molar-refractivity contribution >= 4 is 34.9 Å². The zero-order valence-electron chi connectivity index (χ0n) is 10.9. The summed E-state index contributed by atoms with van der Waals surface area (Å²) in [5, 5.41) is 2.10. The molecule has 2 heterocycles. The summed E-state index contributed by atoms with van der Waals surface area (Å²) in [6.07, 6.45) is 1.87. The molecule has 0 saturated carbocycles. The van der Waals surface area contributed by atoms with Crippen LogP contribution in [0.2, 0.25) is 0 Å². The first kappa shape index (κ1) is 14.4. The summed E-state index contributed by atoms with van der Waals surface area (Å²) in [5.41, 5.74) is 6.37. The molecule has 1 aliphatic rings. The summed E-state index contributed by atoms with van der Waals surface area (Å²) in [7, 11) is 0. The Morgan fingerprint density at radius 2 is 2.32 bits per heavy atom. The normalized spacial score (nSPS) is 18.2. The number of carbonyl (C=O) groups is 2. The maximum absolute atomic E-state index is 12.2. The fourth-order valence-electron chi connectivity index (χ4n) is 2.46. The van der Waals surface area contributed by atoms with Crippen LogP contribution in [-0.4, -0.2) is 34.8 Å². The van der Waals surface area contributed by atoms with E-state index in [2.05, 4.69) is 18.4 Å². The lowest BCUT2D eigenvalue weighted by Crippen LogP contribution is -2.40. The van der Waals surface area contributed by atoms with Crippen LogP contribution in [0.25, 0.3) is 0 Å². The minimum atomic E-state index is -0.372. The van der Waals surface area contributed by atoms with Gasteiger partial charge in [-0.1, -0.05) is 6.92 Å². The predicted molar refractivity (Wildman–Crippen MR) is 79.3 cm³/mol. The van der Waals surface area contributed by atoms with Gasteiger partial charge in [-0.2, -0.15) is 0 Å². The highest BCUT2D eigenvalue weighted by Gasteiger charge is 2.29. The molecule has 0 bridgehead atoms. The van der Waals surface area contributed by atoms with Crippen molar-refractivity contribution in [3.05, 3.63) is 21.9 Å². The topological polar surface area (TPSA) is 63.4 Å². The van der Waals surface area contributed by atoms with E-state index in [-0.39, 0.29) is 23.6 Å². The zero-order chi connectivity index (χ0) is 13.8. The first-order chi connectivity index (χ1) is 9.13. The summed E-state index contributed by atoms with van der Waals surface area (Å²) in [5.74, 6) is 0.275. The Hall–Kier alpha value is -1.01. The van der Waals surface area contributed by atoms with E-state index in [9.17, 15) is 9.59 Å². The van der Waals surface area contributed by atoms with Crippen molar-refractivity contribution in [2.24, 2.45) is 5.73 Å². The minimum Gasteiger partial charge on any atom is -0.369 e. The summed E-state index contributed by atoms with van der Waals surface area (Å²) in [4.78, 5) is 26.3. The molecule has 2 N–H and O–H groups in total. The average Bonchev–Trinajstić information content (AvgIpc) is 2.85. The molecule has 4 nitrogen and oxygen atoms in total. The van der Waals surface area contributed by atoms with Crippen molar-refractivity contribution in [1.29, 1.82) is 0 Å².